The lowest BCUT2D eigenvalue weighted by Crippen LogP contribution is -2.03. The first-order chi connectivity index (χ1) is 9.69. The molecule has 0 radical (unpaired) electrons. The number of benzene rings is 1. The van der Waals surface area contributed by atoms with Crippen molar-refractivity contribution >= 4 is 16.9 Å². The van der Waals surface area contributed by atoms with Gasteiger partial charge in [-0.3, -0.25) is 0 Å². The number of aryl methyl sites for hydroxylation is 2. The summed E-state index contributed by atoms with van der Waals surface area (Å²) in [6.45, 7) is 3.65. The summed E-state index contributed by atoms with van der Waals surface area (Å²) in [6.07, 6.45) is 6.06. The van der Waals surface area contributed by atoms with Crippen LogP contribution in [0.15, 0.2) is 24.4 Å². The number of nitrogens with zero attached hydrogens (tertiary/aromatic N) is 1. The van der Waals surface area contributed by atoms with Crippen LogP contribution in [-0.2, 0) is 13.0 Å². The summed E-state index contributed by atoms with van der Waals surface area (Å²) in [6, 6.07) is 5.51. The van der Waals surface area contributed by atoms with Crippen molar-refractivity contribution in [3.8, 4) is 0 Å². The zero-order chi connectivity index (χ0) is 14.5. The molecular weight excluding hydrogens is 252 g/mol. The molecule has 108 valence electrons. The summed E-state index contributed by atoms with van der Waals surface area (Å²) in [5, 5.41) is 10.4. The summed E-state index contributed by atoms with van der Waals surface area (Å²) in [4.78, 5) is 11.4. The summed E-state index contributed by atoms with van der Waals surface area (Å²) < 4.78 is 2.09. The zero-order valence-electron chi connectivity index (χ0n) is 11.9. The van der Waals surface area contributed by atoms with Gasteiger partial charge in [-0.05, 0) is 37.4 Å². The Balaban J connectivity index is 2.54. The van der Waals surface area contributed by atoms with Crippen molar-refractivity contribution in [3.63, 3.8) is 0 Å². The van der Waals surface area contributed by atoms with Crippen molar-refractivity contribution in [1.82, 2.24) is 4.57 Å². The van der Waals surface area contributed by atoms with E-state index in [1.807, 2.05) is 12.1 Å². The van der Waals surface area contributed by atoms with Crippen LogP contribution < -0.4 is 5.73 Å². The Labute approximate surface area is 119 Å². The molecule has 1 heterocycles. The molecule has 4 heteroatoms. The molecular formula is C16H22N2O2. The minimum atomic E-state index is -0.864. The summed E-state index contributed by atoms with van der Waals surface area (Å²) in [5.41, 5.74) is 8.02. The maximum absolute atomic E-state index is 11.4. The first kappa shape index (κ1) is 14.6. The van der Waals surface area contributed by atoms with Crippen molar-refractivity contribution in [1.29, 1.82) is 0 Å². The van der Waals surface area contributed by atoms with Crippen molar-refractivity contribution in [2.45, 2.75) is 39.2 Å². The predicted octanol–water partition coefficient (Wildman–Crippen LogP) is 3.03. The Morgan fingerprint density at radius 2 is 2.15 bits per heavy atom. The first-order valence-electron chi connectivity index (χ1n) is 7.23. The highest BCUT2D eigenvalue weighted by molar-refractivity contribution is 6.03. The number of carbonyl (C=O) groups is 1. The Kier molecular flexibility index (Phi) is 4.79. The van der Waals surface area contributed by atoms with Crippen molar-refractivity contribution in [3.05, 3.63) is 35.5 Å². The number of para-hydroxylation sites is 1. The van der Waals surface area contributed by atoms with Crippen LogP contribution in [0.3, 0.4) is 0 Å². The Morgan fingerprint density at radius 3 is 2.80 bits per heavy atom. The fourth-order valence-electron chi connectivity index (χ4n) is 2.60. The molecule has 0 aliphatic heterocycles. The van der Waals surface area contributed by atoms with Crippen LogP contribution in [0.4, 0.5) is 0 Å². The molecule has 4 nitrogen and oxygen atoms in total. The SMILES string of the molecule is CCCCn1cc(CCCN)c2cccc(C(=O)O)c21. The molecule has 0 bridgehead atoms. The number of hydrogen-bond acceptors (Lipinski definition) is 2. The number of aromatic nitrogens is 1. The standard InChI is InChI=1S/C16H22N2O2/c1-2-3-10-18-11-12(6-5-9-17)13-7-4-8-14(15(13)18)16(19)20/h4,7-8,11H,2-3,5-6,9-10,17H2,1H3,(H,19,20). The molecule has 0 saturated heterocycles. The summed E-state index contributed by atoms with van der Waals surface area (Å²) >= 11 is 0. The van der Waals surface area contributed by atoms with E-state index in [9.17, 15) is 9.90 Å². The maximum Gasteiger partial charge on any atom is 0.337 e. The van der Waals surface area contributed by atoms with Gasteiger partial charge < -0.3 is 15.4 Å². The minimum Gasteiger partial charge on any atom is -0.478 e. The fraction of sp³-hybridized carbons (Fsp3) is 0.438. The fourth-order valence-corrected chi connectivity index (χ4v) is 2.60. The van der Waals surface area contributed by atoms with E-state index in [0.29, 0.717) is 12.1 Å². The van der Waals surface area contributed by atoms with Crippen LogP contribution in [0.25, 0.3) is 10.9 Å². The largest absolute Gasteiger partial charge is 0.478 e. The molecule has 0 aliphatic rings. The monoisotopic (exact) mass is 274 g/mol. The smallest absolute Gasteiger partial charge is 0.337 e. The van der Waals surface area contributed by atoms with Gasteiger partial charge in [0, 0.05) is 18.1 Å². The van der Waals surface area contributed by atoms with Crippen LogP contribution in [0.2, 0.25) is 0 Å². The number of hydrogen-bond donors (Lipinski definition) is 2. The highest BCUT2D eigenvalue weighted by Gasteiger charge is 2.15. The molecule has 0 fully saturated rings. The number of fused-ring (bicyclic) bond motifs is 1. The number of unbranched alkanes of at least 4 members (excludes halogenated alkanes) is 1. The van der Waals surface area contributed by atoms with E-state index in [-0.39, 0.29) is 0 Å². The zero-order valence-corrected chi connectivity index (χ0v) is 11.9. The second-order valence-electron chi connectivity index (χ2n) is 5.10. The topological polar surface area (TPSA) is 68.2 Å². The molecule has 1 aromatic heterocycles. The van der Waals surface area contributed by atoms with Crippen LogP contribution in [0, 0.1) is 0 Å². The van der Waals surface area contributed by atoms with Gasteiger partial charge in [0.1, 0.15) is 0 Å². The average molecular weight is 274 g/mol. The first-order valence-corrected chi connectivity index (χ1v) is 7.23. The molecule has 0 saturated carbocycles. The molecule has 2 rings (SSSR count). The van der Waals surface area contributed by atoms with Gasteiger partial charge in [0.25, 0.3) is 0 Å². The van der Waals surface area contributed by atoms with Crippen LogP contribution >= 0.6 is 0 Å². The Hall–Kier alpha value is -1.81. The average Bonchev–Trinajstić information content (AvgIpc) is 2.80. The quantitative estimate of drug-likeness (QED) is 0.815. The summed E-state index contributed by atoms with van der Waals surface area (Å²) in [7, 11) is 0. The van der Waals surface area contributed by atoms with E-state index in [2.05, 4.69) is 17.7 Å². The van der Waals surface area contributed by atoms with Crippen molar-refractivity contribution in [2.75, 3.05) is 6.54 Å². The lowest BCUT2D eigenvalue weighted by Gasteiger charge is -2.06. The van der Waals surface area contributed by atoms with E-state index in [4.69, 9.17) is 5.73 Å². The molecule has 0 aliphatic carbocycles. The third-order valence-electron chi connectivity index (χ3n) is 3.61. The highest BCUT2D eigenvalue weighted by Crippen LogP contribution is 2.26. The molecule has 3 N–H and O–H groups in total. The Morgan fingerprint density at radius 1 is 1.35 bits per heavy atom. The van der Waals surface area contributed by atoms with Gasteiger partial charge in [0.15, 0.2) is 0 Å². The second-order valence-corrected chi connectivity index (χ2v) is 5.10. The van der Waals surface area contributed by atoms with Gasteiger partial charge in [-0.15, -0.1) is 0 Å². The van der Waals surface area contributed by atoms with Crippen LogP contribution in [-0.4, -0.2) is 22.2 Å². The number of carboxylic acid groups (broad SMARTS) is 1. The second kappa shape index (κ2) is 6.57. The van der Waals surface area contributed by atoms with Crippen LogP contribution in [0.1, 0.15) is 42.1 Å². The molecule has 0 atom stereocenters. The molecule has 0 amide bonds. The third kappa shape index (κ3) is 2.85. The molecule has 1 aromatic carbocycles. The van der Waals surface area contributed by atoms with Gasteiger partial charge >= 0.3 is 5.97 Å². The van der Waals surface area contributed by atoms with Gasteiger partial charge in [-0.1, -0.05) is 25.5 Å². The molecule has 2 aromatic rings. The maximum atomic E-state index is 11.4. The van der Waals surface area contributed by atoms with Crippen molar-refractivity contribution in [2.24, 2.45) is 5.73 Å². The van der Waals surface area contributed by atoms with Gasteiger partial charge in [-0.25, -0.2) is 4.79 Å². The number of rotatable bonds is 7. The van der Waals surface area contributed by atoms with E-state index >= 15 is 0 Å². The molecule has 0 spiro atoms. The molecule has 20 heavy (non-hydrogen) atoms. The lowest BCUT2D eigenvalue weighted by atomic mass is 10.1. The number of aromatic carboxylic acids is 1. The molecule has 0 unspecified atom stereocenters. The van der Waals surface area contributed by atoms with E-state index in [0.717, 1.165) is 43.1 Å². The van der Waals surface area contributed by atoms with E-state index in [1.165, 1.54) is 5.56 Å². The highest BCUT2D eigenvalue weighted by atomic mass is 16.4. The van der Waals surface area contributed by atoms with E-state index in [1.54, 1.807) is 6.07 Å². The van der Waals surface area contributed by atoms with Crippen LogP contribution in [0.5, 0.6) is 0 Å². The number of carboxylic acids is 1. The summed E-state index contributed by atoms with van der Waals surface area (Å²) in [5.74, 6) is -0.864. The Bertz CT molecular complexity index is 602. The number of nitrogens with two attached hydrogens (primary N) is 1. The van der Waals surface area contributed by atoms with Gasteiger partial charge in [0.2, 0.25) is 0 Å². The van der Waals surface area contributed by atoms with E-state index < -0.39 is 5.97 Å². The third-order valence-corrected chi connectivity index (χ3v) is 3.61. The normalized spacial score (nSPS) is 11.1. The predicted molar refractivity (Wildman–Crippen MR) is 81.2 cm³/mol. The van der Waals surface area contributed by atoms with Gasteiger partial charge in [0.05, 0.1) is 11.1 Å². The van der Waals surface area contributed by atoms with Gasteiger partial charge in [-0.2, -0.15) is 0 Å². The lowest BCUT2D eigenvalue weighted by molar-refractivity contribution is 0.0698. The minimum absolute atomic E-state index is 0.387. The van der Waals surface area contributed by atoms with Crippen molar-refractivity contribution < 1.29 is 9.90 Å².